The molecule has 1 aliphatic rings. The molecule has 3 heterocycles. The molecule has 0 unspecified atom stereocenters. The first-order valence-corrected chi connectivity index (χ1v) is 9.78. The van der Waals surface area contributed by atoms with Gasteiger partial charge in [0.05, 0.1) is 5.39 Å². The Morgan fingerprint density at radius 2 is 1.93 bits per heavy atom. The van der Waals surface area contributed by atoms with Crippen LogP contribution in [0.5, 0.6) is 0 Å². The summed E-state index contributed by atoms with van der Waals surface area (Å²) in [6.07, 6.45) is 3.22. The van der Waals surface area contributed by atoms with E-state index in [0.29, 0.717) is 30.1 Å². The van der Waals surface area contributed by atoms with Crippen molar-refractivity contribution in [2.75, 3.05) is 18.4 Å². The molecule has 1 N–H and O–H groups in total. The maximum absolute atomic E-state index is 13.4. The summed E-state index contributed by atoms with van der Waals surface area (Å²) in [5.74, 6) is -1.22. The van der Waals surface area contributed by atoms with Crippen LogP contribution in [0, 0.1) is 12.7 Å². The summed E-state index contributed by atoms with van der Waals surface area (Å²) in [6.45, 7) is 2.83. The number of rotatable bonds is 4. The number of fused-ring (bicyclic) bond motifs is 1. The predicted molar refractivity (Wildman–Crippen MR) is 111 cm³/mol. The van der Waals surface area contributed by atoms with E-state index in [2.05, 4.69) is 10.3 Å². The first-order valence-electron chi connectivity index (χ1n) is 9.78. The zero-order valence-corrected chi connectivity index (χ0v) is 16.5. The van der Waals surface area contributed by atoms with Crippen molar-refractivity contribution in [1.29, 1.82) is 0 Å². The van der Waals surface area contributed by atoms with Crippen LogP contribution in [-0.4, -0.2) is 39.4 Å². The van der Waals surface area contributed by atoms with E-state index in [9.17, 15) is 18.8 Å². The first kappa shape index (κ1) is 19.8. The number of halogens is 1. The van der Waals surface area contributed by atoms with Crippen molar-refractivity contribution < 1.29 is 14.0 Å². The van der Waals surface area contributed by atoms with Gasteiger partial charge in [0.25, 0.3) is 5.91 Å². The lowest BCUT2D eigenvalue weighted by Gasteiger charge is -2.17. The molecule has 0 atom stereocenters. The van der Waals surface area contributed by atoms with Crippen LogP contribution in [0.25, 0.3) is 11.0 Å². The van der Waals surface area contributed by atoms with Crippen LogP contribution in [0.3, 0.4) is 0 Å². The summed E-state index contributed by atoms with van der Waals surface area (Å²) in [7, 11) is 0. The van der Waals surface area contributed by atoms with E-state index in [1.54, 1.807) is 30.0 Å². The molecule has 2 amide bonds. The second kappa shape index (κ2) is 8.06. The normalized spacial score (nSPS) is 13.6. The van der Waals surface area contributed by atoms with Gasteiger partial charge in [-0.1, -0.05) is 6.07 Å². The van der Waals surface area contributed by atoms with Gasteiger partial charge in [0.2, 0.25) is 11.3 Å². The maximum atomic E-state index is 13.4. The van der Waals surface area contributed by atoms with Gasteiger partial charge in [-0.05, 0) is 50.1 Å². The highest BCUT2D eigenvalue weighted by Gasteiger charge is 2.24. The number of amides is 2. The topological polar surface area (TPSA) is 84.3 Å². The molecule has 1 saturated heterocycles. The van der Waals surface area contributed by atoms with Crippen molar-refractivity contribution in [2.45, 2.75) is 26.3 Å². The number of hydrogen-bond donors (Lipinski definition) is 1. The third-order valence-corrected chi connectivity index (χ3v) is 5.11. The minimum Gasteiger partial charge on any atom is -0.338 e. The van der Waals surface area contributed by atoms with Crippen molar-refractivity contribution >= 4 is 28.5 Å². The third-order valence-electron chi connectivity index (χ3n) is 5.11. The Balaban J connectivity index is 1.72. The lowest BCUT2D eigenvalue weighted by molar-refractivity contribution is -0.116. The lowest BCUT2D eigenvalue weighted by Crippen LogP contribution is -2.33. The number of aromatic nitrogens is 2. The van der Waals surface area contributed by atoms with E-state index in [0.717, 1.165) is 12.8 Å². The van der Waals surface area contributed by atoms with Crippen LogP contribution >= 0.6 is 0 Å². The number of hydrogen-bond acceptors (Lipinski definition) is 4. The predicted octanol–water partition coefficient (Wildman–Crippen LogP) is 2.72. The van der Waals surface area contributed by atoms with Crippen molar-refractivity contribution in [2.24, 2.45) is 0 Å². The molecule has 4 rings (SSSR count). The summed E-state index contributed by atoms with van der Waals surface area (Å²) in [6, 6.07) is 8.90. The molecule has 1 aliphatic heterocycles. The molecular weight excluding hydrogens is 387 g/mol. The molecular formula is C22H21FN4O3. The average molecular weight is 408 g/mol. The number of aryl methyl sites for hydroxylation is 1. The van der Waals surface area contributed by atoms with Crippen molar-refractivity contribution in [3.05, 3.63) is 69.9 Å². The Bertz CT molecular complexity index is 1200. The number of carbonyl (C=O) groups excluding carboxylic acids is 2. The standard InChI is InChI=1S/C22H21FN4O3/c1-14-7-8-17-20(29)18(22(30)26-9-2-3-10-26)12-27(21(17)24-14)13-19(28)25-16-6-4-5-15(23)11-16/h4-8,11-12H,2-3,9-10,13H2,1H3,(H,25,28). The molecule has 1 aromatic carbocycles. The summed E-state index contributed by atoms with van der Waals surface area (Å²) < 4.78 is 14.9. The maximum Gasteiger partial charge on any atom is 0.259 e. The van der Waals surface area contributed by atoms with E-state index >= 15 is 0 Å². The van der Waals surface area contributed by atoms with Gasteiger partial charge in [0, 0.05) is 30.7 Å². The number of nitrogens with zero attached hydrogens (tertiary/aromatic N) is 3. The van der Waals surface area contributed by atoms with Gasteiger partial charge in [-0.2, -0.15) is 0 Å². The fourth-order valence-electron chi connectivity index (χ4n) is 3.64. The van der Waals surface area contributed by atoms with Crippen LogP contribution < -0.4 is 10.7 Å². The minimum atomic E-state index is -0.461. The molecule has 30 heavy (non-hydrogen) atoms. The zero-order chi connectivity index (χ0) is 21.3. The van der Waals surface area contributed by atoms with Gasteiger partial charge >= 0.3 is 0 Å². The quantitative estimate of drug-likeness (QED) is 0.720. The van der Waals surface area contributed by atoms with Gasteiger partial charge < -0.3 is 14.8 Å². The van der Waals surface area contributed by atoms with E-state index in [1.165, 1.54) is 29.0 Å². The van der Waals surface area contributed by atoms with Crippen molar-refractivity contribution in [1.82, 2.24) is 14.5 Å². The Morgan fingerprint density at radius 3 is 2.67 bits per heavy atom. The number of nitrogens with one attached hydrogen (secondary N) is 1. The molecule has 0 aliphatic carbocycles. The molecule has 2 aromatic heterocycles. The minimum absolute atomic E-state index is 0.0219. The number of carbonyl (C=O) groups is 2. The van der Waals surface area contributed by atoms with Crippen LogP contribution in [0.2, 0.25) is 0 Å². The molecule has 0 spiro atoms. The third kappa shape index (κ3) is 3.94. The fourth-order valence-corrected chi connectivity index (χ4v) is 3.64. The summed E-state index contributed by atoms with van der Waals surface area (Å²) >= 11 is 0. The van der Waals surface area contributed by atoms with Gasteiger partial charge in [0.1, 0.15) is 23.6 Å². The molecule has 0 radical (unpaired) electrons. The van der Waals surface area contributed by atoms with Gasteiger partial charge in [-0.15, -0.1) is 0 Å². The van der Waals surface area contributed by atoms with Gasteiger partial charge in [-0.25, -0.2) is 9.37 Å². The van der Waals surface area contributed by atoms with Crippen molar-refractivity contribution in [3.8, 4) is 0 Å². The molecule has 154 valence electrons. The van der Waals surface area contributed by atoms with Crippen molar-refractivity contribution in [3.63, 3.8) is 0 Å². The fraction of sp³-hybridized carbons (Fsp3) is 0.273. The first-order chi connectivity index (χ1) is 14.4. The largest absolute Gasteiger partial charge is 0.338 e. The number of anilines is 1. The number of benzene rings is 1. The lowest BCUT2D eigenvalue weighted by atomic mass is 10.1. The van der Waals surface area contributed by atoms with Crippen LogP contribution in [0.15, 0.2) is 47.4 Å². The number of pyridine rings is 2. The molecule has 7 nitrogen and oxygen atoms in total. The second-order valence-corrected chi connectivity index (χ2v) is 7.38. The van der Waals surface area contributed by atoms with E-state index in [1.807, 2.05) is 0 Å². The van der Waals surface area contributed by atoms with E-state index in [-0.39, 0.29) is 23.4 Å². The van der Waals surface area contributed by atoms with E-state index < -0.39 is 17.2 Å². The SMILES string of the molecule is Cc1ccc2c(=O)c(C(=O)N3CCCC3)cn(CC(=O)Nc3cccc(F)c3)c2n1. The highest BCUT2D eigenvalue weighted by molar-refractivity contribution is 5.97. The molecule has 0 bridgehead atoms. The van der Waals surface area contributed by atoms with Crippen LogP contribution in [-0.2, 0) is 11.3 Å². The molecule has 0 saturated carbocycles. The molecule has 8 heteroatoms. The summed E-state index contributed by atoms with van der Waals surface area (Å²) in [5, 5.41) is 2.91. The molecule has 3 aromatic rings. The summed E-state index contributed by atoms with van der Waals surface area (Å²) in [5.41, 5.74) is 0.958. The monoisotopic (exact) mass is 408 g/mol. The van der Waals surface area contributed by atoms with E-state index in [4.69, 9.17) is 0 Å². The van der Waals surface area contributed by atoms with Crippen LogP contribution in [0.1, 0.15) is 28.9 Å². The Labute approximate surface area is 172 Å². The smallest absolute Gasteiger partial charge is 0.259 e. The Hall–Kier alpha value is -3.55. The van der Waals surface area contributed by atoms with Gasteiger partial charge in [-0.3, -0.25) is 14.4 Å². The van der Waals surface area contributed by atoms with Crippen LogP contribution in [0.4, 0.5) is 10.1 Å². The second-order valence-electron chi connectivity index (χ2n) is 7.38. The Morgan fingerprint density at radius 1 is 1.17 bits per heavy atom. The summed E-state index contributed by atoms with van der Waals surface area (Å²) in [4.78, 5) is 44.5. The average Bonchev–Trinajstić information content (AvgIpc) is 3.24. The zero-order valence-electron chi connectivity index (χ0n) is 16.5. The Kier molecular flexibility index (Phi) is 5.31. The number of likely N-dealkylation sites (tertiary alicyclic amines) is 1. The highest BCUT2D eigenvalue weighted by atomic mass is 19.1. The molecule has 1 fully saturated rings. The highest BCUT2D eigenvalue weighted by Crippen LogP contribution is 2.16. The van der Waals surface area contributed by atoms with Gasteiger partial charge in [0.15, 0.2) is 0 Å².